The highest BCUT2D eigenvalue weighted by Gasteiger charge is 2.20. The van der Waals surface area contributed by atoms with Crippen LogP contribution in [0.2, 0.25) is 0 Å². The third-order valence-electron chi connectivity index (χ3n) is 4.19. The van der Waals surface area contributed by atoms with E-state index in [0.717, 1.165) is 10.9 Å². The Morgan fingerprint density at radius 3 is 2.86 bits per heavy atom. The quantitative estimate of drug-likeness (QED) is 0.262. The van der Waals surface area contributed by atoms with E-state index in [2.05, 4.69) is 26.1 Å². The Balaban J connectivity index is 1.95. The molecule has 0 aliphatic heterocycles. The lowest BCUT2D eigenvalue weighted by atomic mass is 10.2. The summed E-state index contributed by atoms with van der Waals surface area (Å²) < 4.78 is 13.3. The third kappa shape index (κ3) is 4.82. The van der Waals surface area contributed by atoms with Crippen LogP contribution in [0.15, 0.2) is 37.1 Å². The van der Waals surface area contributed by atoms with E-state index in [0.29, 0.717) is 54.0 Å². The lowest BCUT2D eigenvalue weighted by Gasteiger charge is -2.15. The van der Waals surface area contributed by atoms with Crippen LogP contribution < -0.4 is 5.56 Å². The molecule has 0 fully saturated rings. The Kier molecular flexibility index (Phi) is 7.25. The Hall–Kier alpha value is -1.71. The molecule has 2 aromatic heterocycles. The normalized spacial score (nSPS) is 12.6. The second-order valence-electron chi connectivity index (χ2n) is 6.23. The highest BCUT2D eigenvalue weighted by molar-refractivity contribution is 9.10. The van der Waals surface area contributed by atoms with E-state index in [4.69, 9.17) is 14.2 Å². The molecule has 1 unspecified atom stereocenters. The van der Waals surface area contributed by atoms with Crippen LogP contribution in [0.5, 0.6) is 0 Å². The van der Waals surface area contributed by atoms with Crippen molar-refractivity contribution >= 4 is 38.6 Å². The van der Waals surface area contributed by atoms with Crippen LogP contribution in [0, 0.1) is 0 Å². The summed E-state index contributed by atoms with van der Waals surface area (Å²) in [5.74, 6) is 1.21. The first-order valence-corrected chi connectivity index (χ1v) is 11.0. The topological polar surface area (TPSA) is 83.0 Å². The molecule has 0 spiro atoms. The van der Waals surface area contributed by atoms with E-state index in [1.807, 2.05) is 39.0 Å². The summed E-state index contributed by atoms with van der Waals surface area (Å²) in [7, 11) is 0. The zero-order chi connectivity index (χ0) is 20.1. The number of hydrogen-bond donors (Lipinski definition) is 0. The van der Waals surface area contributed by atoms with E-state index >= 15 is 0 Å². The Morgan fingerprint density at radius 1 is 1.32 bits per heavy atom. The Labute approximate surface area is 176 Å². The van der Waals surface area contributed by atoms with Gasteiger partial charge in [0.05, 0.1) is 16.2 Å². The number of fused-ring (bicyclic) bond motifs is 1. The number of benzene rings is 1. The average molecular weight is 467 g/mol. The average Bonchev–Trinajstić information content (AvgIpc) is 3.17. The molecule has 1 aromatic carbocycles. The molecule has 150 valence electrons. The van der Waals surface area contributed by atoms with Gasteiger partial charge in [-0.05, 0) is 38.5 Å². The summed E-state index contributed by atoms with van der Waals surface area (Å²) in [6.45, 7) is 7.70. The monoisotopic (exact) mass is 466 g/mol. The zero-order valence-electron chi connectivity index (χ0n) is 16.1. The van der Waals surface area contributed by atoms with Crippen molar-refractivity contribution < 1.29 is 9.26 Å². The molecule has 0 radical (unpaired) electrons. The predicted octanol–water partition coefficient (Wildman–Crippen LogP) is 4.38. The number of nitrogens with zero attached hydrogens (tertiary/aromatic N) is 4. The first kappa shape index (κ1) is 21.0. The smallest absolute Gasteiger partial charge is 0.262 e. The van der Waals surface area contributed by atoms with Crippen LogP contribution in [-0.2, 0) is 17.7 Å². The fourth-order valence-corrected chi connectivity index (χ4v) is 4.04. The van der Waals surface area contributed by atoms with Gasteiger partial charge in [0.25, 0.3) is 5.56 Å². The molecular weight excluding hydrogens is 444 g/mol. The standard InChI is InChI=1S/C19H23BrN4O3S/c1-4-16-22-17(27-23-16)12(3)28-19-21-15-8-7-13(20)11-14(15)18(25)24(19)9-6-10-26-5-2/h7-8,11-12H,4-6,9-10H2,1-3H3. The maximum Gasteiger partial charge on any atom is 0.262 e. The van der Waals surface area contributed by atoms with E-state index in [-0.39, 0.29) is 10.8 Å². The molecule has 0 N–H and O–H groups in total. The predicted molar refractivity (Wildman–Crippen MR) is 113 cm³/mol. The summed E-state index contributed by atoms with van der Waals surface area (Å²) in [5.41, 5.74) is 0.612. The van der Waals surface area contributed by atoms with Crippen molar-refractivity contribution in [2.24, 2.45) is 0 Å². The van der Waals surface area contributed by atoms with E-state index < -0.39 is 0 Å². The largest absolute Gasteiger partial charge is 0.382 e. The van der Waals surface area contributed by atoms with Crippen LogP contribution >= 0.6 is 27.7 Å². The summed E-state index contributed by atoms with van der Waals surface area (Å²) in [4.78, 5) is 22.3. The van der Waals surface area contributed by atoms with Gasteiger partial charge in [0.15, 0.2) is 11.0 Å². The van der Waals surface area contributed by atoms with Gasteiger partial charge in [-0.1, -0.05) is 39.8 Å². The van der Waals surface area contributed by atoms with Gasteiger partial charge in [-0.25, -0.2) is 4.98 Å². The van der Waals surface area contributed by atoms with Crippen molar-refractivity contribution in [3.05, 3.63) is 44.7 Å². The zero-order valence-corrected chi connectivity index (χ0v) is 18.5. The number of rotatable bonds is 9. The van der Waals surface area contributed by atoms with Crippen molar-refractivity contribution in [2.75, 3.05) is 13.2 Å². The lowest BCUT2D eigenvalue weighted by Crippen LogP contribution is -2.24. The van der Waals surface area contributed by atoms with Crippen LogP contribution in [0.25, 0.3) is 10.9 Å². The minimum absolute atomic E-state index is 0.0581. The molecule has 7 nitrogen and oxygen atoms in total. The second kappa shape index (κ2) is 9.67. The Morgan fingerprint density at radius 2 is 2.14 bits per heavy atom. The summed E-state index contributed by atoms with van der Waals surface area (Å²) in [5, 5.41) is 5.07. The molecule has 28 heavy (non-hydrogen) atoms. The maximum atomic E-state index is 13.1. The molecule has 2 heterocycles. The first-order chi connectivity index (χ1) is 13.5. The van der Waals surface area contributed by atoms with Gasteiger partial charge in [0.2, 0.25) is 5.89 Å². The Bertz CT molecular complexity index is 1000. The number of halogens is 1. The van der Waals surface area contributed by atoms with E-state index in [9.17, 15) is 4.79 Å². The second-order valence-corrected chi connectivity index (χ2v) is 8.45. The van der Waals surface area contributed by atoms with Crippen molar-refractivity contribution in [1.82, 2.24) is 19.7 Å². The molecular formula is C19H23BrN4O3S. The molecule has 0 aliphatic rings. The van der Waals surface area contributed by atoms with Crippen molar-refractivity contribution in [1.29, 1.82) is 0 Å². The van der Waals surface area contributed by atoms with Gasteiger partial charge < -0.3 is 9.26 Å². The van der Waals surface area contributed by atoms with Gasteiger partial charge in [-0.3, -0.25) is 9.36 Å². The molecule has 9 heteroatoms. The summed E-state index contributed by atoms with van der Waals surface area (Å²) in [6, 6.07) is 5.55. The maximum absolute atomic E-state index is 13.1. The van der Waals surface area contributed by atoms with Crippen LogP contribution in [-0.4, -0.2) is 32.9 Å². The summed E-state index contributed by atoms with van der Waals surface area (Å²) in [6.07, 6.45) is 1.45. The fraction of sp³-hybridized carbons (Fsp3) is 0.474. The number of ether oxygens (including phenoxy) is 1. The van der Waals surface area contributed by atoms with Crippen LogP contribution in [0.4, 0.5) is 0 Å². The van der Waals surface area contributed by atoms with Crippen LogP contribution in [0.3, 0.4) is 0 Å². The van der Waals surface area contributed by atoms with E-state index in [1.165, 1.54) is 11.8 Å². The molecule has 3 rings (SSSR count). The molecule has 0 bridgehead atoms. The highest BCUT2D eigenvalue weighted by atomic mass is 79.9. The highest BCUT2D eigenvalue weighted by Crippen LogP contribution is 2.33. The van der Waals surface area contributed by atoms with Gasteiger partial charge in [0, 0.05) is 30.7 Å². The van der Waals surface area contributed by atoms with Crippen molar-refractivity contribution in [2.45, 2.75) is 50.6 Å². The minimum Gasteiger partial charge on any atom is -0.382 e. The molecule has 0 saturated heterocycles. The molecule has 1 atom stereocenters. The number of hydrogen-bond acceptors (Lipinski definition) is 7. The van der Waals surface area contributed by atoms with Gasteiger partial charge >= 0.3 is 0 Å². The summed E-state index contributed by atoms with van der Waals surface area (Å²) >= 11 is 4.88. The number of aromatic nitrogens is 4. The first-order valence-electron chi connectivity index (χ1n) is 9.30. The van der Waals surface area contributed by atoms with Crippen molar-refractivity contribution in [3.63, 3.8) is 0 Å². The number of aryl methyl sites for hydroxylation is 1. The van der Waals surface area contributed by atoms with Crippen molar-refractivity contribution in [3.8, 4) is 0 Å². The third-order valence-corrected chi connectivity index (χ3v) is 5.76. The van der Waals surface area contributed by atoms with E-state index in [1.54, 1.807) is 4.57 Å². The van der Waals surface area contributed by atoms with Gasteiger partial charge in [-0.15, -0.1) is 0 Å². The SMILES string of the molecule is CCOCCCn1c(SC(C)c2nc(CC)no2)nc2ccc(Br)cc2c1=O. The fourth-order valence-electron chi connectivity index (χ4n) is 2.71. The molecule has 0 aliphatic carbocycles. The number of thioether (sulfide) groups is 1. The molecule has 3 aromatic rings. The molecule has 0 saturated carbocycles. The lowest BCUT2D eigenvalue weighted by molar-refractivity contribution is 0.140. The van der Waals surface area contributed by atoms with Gasteiger partial charge in [0.1, 0.15) is 0 Å². The van der Waals surface area contributed by atoms with Crippen LogP contribution in [0.1, 0.15) is 44.2 Å². The minimum atomic E-state index is -0.120. The van der Waals surface area contributed by atoms with Gasteiger partial charge in [-0.2, -0.15) is 4.98 Å². The molecule has 0 amide bonds.